The van der Waals surface area contributed by atoms with E-state index in [1.165, 1.54) is 12.3 Å². The van der Waals surface area contributed by atoms with Crippen LogP contribution in [-0.2, 0) is 0 Å². The number of para-hydroxylation sites is 2. The molecular weight excluding hydrogens is 314 g/mol. The van der Waals surface area contributed by atoms with Crippen molar-refractivity contribution in [3.05, 3.63) is 53.9 Å². The molecule has 2 atom stereocenters. The molecule has 0 spiro atoms. The predicted molar refractivity (Wildman–Crippen MR) is 86.6 cm³/mol. The van der Waals surface area contributed by atoms with Crippen molar-refractivity contribution in [1.82, 2.24) is 10.3 Å². The second kappa shape index (κ2) is 7.57. The molecule has 1 aliphatic heterocycles. The highest BCUT2D eigenvalue weighted by Crippen LogP contribution is 2.31. The van der Waals surface area contributed by atoms with Gasteiger partial charge in [-0.2, -0.15) is 0 Å². The minimum Gasteiger partial charge on any atom is -0.486 e. The Morgan fingerprint density at radius 1 is 1.21 bits per heavy atom. The first-order valence-electron chi connectivity index (χ1n) is 7.99. The van der Waals surface area contributed by atoms with Crippen LogP contribution in [0, 0.1) is 0 Å². The summed E-state index contributed by atoms with van der Waals surface area (Å²) in [5, 5.41) is 3.36. The molecule has 2 heterocycles. The number of hydrogen-bond acceptors (Lipinski definition) is 4. The predicted octanol–water partition coefficient (Wildman–Crippen LogP) is 3.90. The average molecular weight is 334 g/mol. The summed E-state index contributed by atoms with van der Waals surface area (Å²) in [6.07, 6.45) is -0.246. The number of nitrogens with one attached hydrogen (secondary N) is 1. The van der Waals surface area contributed by atoms with E-state index in [0.717, 1.165) is 30.0 Å². The van der Waals surface area contributed by atoms with Crippen LogP contribution in [-0.4, -0.2) is 24.2 Å². The Labute approximate surface area is 139 Å². The number of benzene rings is 1. The van der Waals surface area contributed by atoms with E-state index < -0.39 is 6.43 Å². The molecule has 1 aliphatic rings. The van der Waals surface area contributed by atoms with Gasteiger partial charge in [-0.1, -0.05) is 18.2 Å². The van der Waals surface area contributed by atoms with Crippen LogP contribution in [0.2, 0.25) is 0 Å². The quantitative estimate of drug-likeness (QED) is 0.870. The van der Waals surface area contributed by atoms with E-state index in [-0.39, 0.29) is 17.8 Å². The van der Waals surface area contributed by atoms with Crippen LogP contribution < -0.4 is 14.8 Å². The molecule has 0 aliphatic carbocycles. The highest BCUT2D eigenvalue weighted by molar-refractivity contribution is 5.40. The van der Waals surface area contributed by atoms with Crippen molar-refractivity contribution < 1.29 is 18.3 Å². The normalized spacial score (nSPS) is 17.8. The first-order valence-corrected chi connectivity index (χ1v) is 7.99. The highest BCUT2D eigenvalue weighted by Gasteiger charge is 2.20. The van der Waals surface area contributed by atoms with Gasteiger partial charge in [0.25, 0.3) is 6.43 Å². The number of aromatic nitrogens is 1. The molecule has 0 amide bonds. The van der Waals surface area contributed by atoms with Gasteiger partial charge in [0.15, 0.2) is 11.5 Å². The molecule has 0 bridgehead atoms. The molecule has 1 aromatic heterocycles. The average Bonchev–Trinajstić information content (AvgIpc) is 2.61. The number of nitrogens with zero attached hydrogens (tertiary/aromatic N) is 1. The van der Waals surface area contributed by atoms with E-state index in [2.05, 4.69) is 10.3 Å². The summed E-state index contributed by atoms with van der Waals surface area (Å²) in [6.45, 7) is 3.23. The minimum absolute atomic E-state index is 0.000987. The molecule has 0 radical (unpaired) electrons. The van der Waals surface area contributed by atoms with Crippen LogP contribution in [0.4, 0.5) is 8.78 Å². The summed E-state index contributed by atoms with van der Waals surface area (Å²) >= 11 is 0. The fourth-order valence-electron chi connectivity index (χ4n) is 2.59. The van der Waals surface area contributed by atoms with E-state index in [4.69, 9.17) is 9.47 Å². The van der Waals surface area contributed by atoms with E-state index >= 15 is 0 Å². The van der Waals surface area contributed by atoms with Crippen LogP contribution >= 0.6 is 0 Å². The van der Waals surface area contributed by atoms with E-state index in [0.29, 0.717) is 6.61 Å². The Balaban J connectivity index is 1.46. The van der Waals surface area contributed by atoms with Crippen molar-refractivity contribution in [3.63, 3.8) is 0 Å². The second-order valence-electron chi connectivity index (χ2n) is 5.78. The summed E-state index contributed by atoms with van der Waals surface area (Å²) in [7, 11) is 0. The summed E-state index contributed by atoms with van der Waals surface area (Å²) in [5.74, 6) is 1.55. The van der Waals surface area contributed by atoms with Crippen molar-refractivity contribution in [2.24, 2.45) is 0 Å². The van der Waals surface area contributed by atoms with E-state index in [1.54, 1.807) is 6.07 Å². The highest BCUT2D eigenvalue weighted by atomic mass is 19.3. The SMILES string of the molecule is CC(NCCC1COc2ccccc2O1)c1ccc(C(F)F)nc1. The van der Waals surface area contributed by atoms with Crippen molar-refractivity contribution in [2.45, 2.75) is 31.9 Å². The number of hydrogen-bond donors (Lipinski definition) is 1. The Morgan fingerprint density at radius 3 is 2.71 bits per heavy atom. The van der Waals surface area contributed by atoms with Crippen LogP contribution in [0.15, 0.2) is 42.6 Å². The van der Waals surface area contributed by atoms with Crippen LogP contribution in [0.3, 0.4) is 0 Å². The first-order chi connectivity index (χ1) is 11.6. The van der Waals surface area contributed by atoms with Gasteiger partial charge in [0, 0.05) is 18.7 Å². The lowest BCUT2D eigenvalue weighted by atomic mass is 10.1. The number of halogens is 2. The summed E-state index contributed by atoms with van der Waals surface area (Å²) in [4.78, 5) is 3.79. The van der Waals surface area contributed by atoms with Gasteiger partial charge >= 0.3 is 0 Å². The van der Waals surface area contributed by atoms with Gasteiger partial charge in [0.1, 0.15) is 18.4 Å². The molecule has 24 heavy (non-hydrogen) atoms. The van der Waals surface area contributed by atoms with Gasteiger partial charge in [-0.15, -0.1) is 0 Å². The van der Waals surface area contributed by atoms with E-state index in [1.807, 2.05) is 31.2 Å². The number of ether oxygens (including phenoxy) is 2. The fraction of sp³-hybridized carbons (Fsp3) is 0.389. The van der Waals surface area contributed by atoms with Gasteiger partial charge < -0.3 is 14.8 Å². The zero-order chi connectivity index (χ0) is 16.9. The molecule has 3 rings (SSSR count). The number of alkyl halides is 2. The molecule has 1 N–H and O–H groups in total. The van der Waals surface area contributed by atoms with Crippen LogP contribution in [0.1, 0.15) is 37.1 Å². The molecule has 6 heteroatoms. The van der Waals surface area contributed by atoms with Crippen molar-refractivity contribution >= 4 is 0 Å². The zero-order valence-electron chi connectivity index (χ0n) is 13.4. The molecule has 0 saturated heterocycles. The molecule has 2 unspecified atom stereocenters. The van der Waals surface area contributed by atoms with Crippen molar-refractivity contribution in [1.29, 1.82) is 0 Å². The third-order valence-electron chi connectivity index (χ3n) is 4.02. The summed E-state index contributed by atoms with van der Waals surface area (Å²) < 4.78 is 36.6. The Kier molecular flexibility index (Phi) is 5.25. The third-order valence-corrected chi connectivity index (χ3v) is 4.02. The molecule has 0 fully saturated rings. The molecule has 2 aromatic rings. The maximum absolute atomic E-state index is 12.5. The lowest BCUT2D eigenvalue weighted by molar-refractivity contribution is 0.0844. The number of rotatable bonds is 6. The maximum Gasteiger partial charge on any atom is 0.280 e. The smallest absolute Gasteiger partial charge is 0.280 e. The molecular formula is C18H20F2N2O2. The Morgan fingerprint density at radius 2 is 2.00 bits per heavy atom. The van der Waals surface area contributed by atoms with Gasteiger partial charge in [-0.3, -0.25) is 4.98 Å². The van der Waals surface area contributed by atoms with Crippen LogP contribution in [0.5, 0.6) is 11.5 Å². The zero-order valence-corrected chi connectivity index (χ0v) is 13.4. The van der Waals surface area contributed by atoms with Crippen LogP contribution in [0.25, 0.3) is 0 Å². The van der Waals surface area contributed by atoms with Gasteiger partial charge in [0.2, 0.25) is 0 Å². The largest absolute Gasteiger partial charge is 0.486 e. The van der Waals surface area contributed by atoms with E-state index in [9.17, 15) is 8.78 Å². The molecule has 1 aromatic carbocycles. The molecule has 4 nitrogen and oxygen atoms in total. The van der Waals surface area contributed by atoms with Gasteiger partial charge in [-0.25, -0.2) is 8.78 Å². The maximum atomic E-state index is 12.5. The van der Waals surface area contributed by atoms with Crippen molar-refractivity contribution in [2.75, 3.05) is 13.2 Å². The monoisotopic (exact) mass is 334 g/mol. The molecule has 0 saturated carbocycles. The minimum atomic E-state index is -2.53. The number of fused-ring (bicyclic) bond motifs is 1. The number of pyridine rings is 1. The lowest BCUT2D eigenvalue weighted by Gasteiger charge is -2.27. The summed E-state index contributed by atoms with van der Waals surface area (Å²) in [5.41, 5.74) is 0.683. The molecule has 128 valence electrons. The first kappa shape index (κ1) is 16.6. The van der Waals surface area contributed by atoms with Crippen molar-refractivity contribution in [3.8, 4) is 11.5 Å². The second-order valence-corrected chi connectivity index (χ2v) is 5.78. The Bertz CT molecular complexity index is 664. The fourth-order valence-corrected chi connectivity index (χ4v) is 2.59. The Hall–Kier alpha value is -2.21. The lowest BCUT2D eigenvalue weighted by Crippen LogP contribution is -2.33. The van der Waals surface area contributed by atoms with Gasteiger partial charge in [0.05, 0.1) is 0 Å². The third kappa shape index (κ3) is 4.00. The topological polar surface area (TPSA) is 43.4 Å². The summed E-state index contributed by atoms with van der Waals surface area (Å²) in [6, 6.07) is 10.7. The van der Waals surface area contributed by atoms with Gasteiger partial charge in [-0.05, 0) is 37.2 Å². The standard InChI is InChI=1S/C18H20F2N2O2/c1-12(13-6-7-15(18(19)20)22-10-13)21-9-8-14-11-23-16-4-2-3-5-17(16)24-14/h2-7,10,12,14,18,21H,8-9,11H2,1H3.